The average molecular weight is 215 g/mol. The third-order valence-corrected chi connectivity index (χ3v) is 2.62. The van der Waals surface area contributed by atoms with Crippen molar-refractivity contribution in [2.24, 2.45) is 0 Å². The largest absolute Gasteiger partial charge is 0.382 e. The predicted octanol–water partition coefficient (Wildman–Crippen LogP) is 1.05. The lowest BCUT2D eigenvalue weighted by Gasteiger charge is -2.19. The van der Waals surface area contributed by atoms with Gasteiger partial charge >= 0.3 is 0 Å². The highest BCUT2D eigenvalue weighted by Gasteiger charge is 2.14. The number of hydrogen-bond donors (Lipinski definition) is 0. The van der Waals surface area contributed by atoms with Crippen molar-refractivity contribution in [3.05, 3.63) is 0 Å². The molecule has 4 heteroatoms. The van der Waals surface area contributed by atoms with Gasteiger partial charge in [0, 0.05) is 20.2 Å². The van der Waals surface area contributed by atoms with Gasteiger partial charge in [0.2, 0.25) is 5.91 Å². The first-order valence-corrected chi connectivity index (χ1v) is 5.69. The highest BCUT2D eigenvalue weighted by Crippen LogP contribution is 2.09. The molecule has 0 radical (unpaired) electrons. The van der Waals surface area contributed by atoms with Crippen LogP contribution >= 0.6 is 0 Å². The van der Waals surface area contributed by atoms with Crippen molar-refractivity contribution in [2.75, 3.05) is 40.0 Å². The molecular formula is C11H21NO3. The molecule has 0 aromatic rings. The Labute approximate surface area is 91.5 Å². The summed E-state index contributed by atoms with van der Waals surface area (Å²) in [6.45, 7) is 3.03. The maximum Gasteiger partial charge on any atom is 0.248 e. The van der Waals surface area contributed by atoms with Crippen molar-refractivity contribution in [1.82, 2.24) is 4.90 Å². The number of amides is 1. The minimum absolute atomic E-state index is 0.119. The van der Waals surface area contributed by atoms with E-state index < -0.39 is 0 Å². The van der Waals surface area contributed by atoms with Gasteiger partial charge in [-0.2, -0.15) is 0 Å². The molecule has 1 amide bonds. The van der Waals surface area contributed by atoms with E-state index in [1.807, 2.05) is 4.90 Å². The Balaban J connectivity index is 2.14. The number of carbonyl (C=O) groups excluding carboxylic acids is 1. The van der Waals surface area contributed by atoms with Crippen LogP contribution < -0.4 is 0 Å². The van der Waals surface area contributed by atoms with Gasteiger partial charge < -0.3 is 14.4 Å². The maximum atomic E-state index is 11.7. The minimum atomic E-state index is 0.119. The highest BCUT2D eigenvalue weighted by molar-refractivity contribution is 5.77. The van der Waals surface area contributed by atoms with E-state index in [1.54, 1.807) is 7.11 Å². The first-order valence-electron chi connectivity index (χ1n) is 5.69. The summed E-state index contributed by atoms with van der Waals surface area (Å²) in [5.41, 5.74) is 0. The number of nitrogens with zero attached hydrogens (tertiary/aromatic N) is 1. The summed E-state index contributed by atoms with van der Waals surface area (Å²) in [5.74, 6) is 0.119. The fourth-order valence-corrected chi connectivity index (χ4v) is 1.71. The monoisotopic (exact) mass is 215 g/mol. The summed E-state index contributed by atoms with van der Waals surface area (Å²) in [7, 11) is 1.62. The summed E-state index contributed by atoms with van der Waals surface area (Å²) < 4.78 is 10.1. The first kappa shape index (κ1) is 12.5. The summed E-state index contributed by atoms with van der Waals surface area (Å²) in [6, 6.07) is 0. The van der Waals surface area contributed by atoms with Gasteiger partial charge in [-0.1, -0.05) is 12.8 Å². The van der Waals surface area contributed by atoms with Gasteiger partial charge in [-0.05, 0) is 12.8 Å². The van der Waals surface area contributed by atoms with E-state index in [2.05, 4.69) is 0 Å². The Morgan fingerprint density at radius 1 is 1.13 bits per heavy atom. The molecule has 0 aromatic carbocycles. The first-order chi connectivity index (χ1) is 7.34. The second kappa shape index (κ2) is 7.65. The molecule has 0 saturated carbocycles. The van der Waals surface area contributed by atoms with Gasteiger partial charge in [0.25, 0.3) is 0 Å². The zero-order chi connectivity index (χ0) is 10.9. The fraction of sp³-hybridized carbons (Fsp3) is 0.909. The van der Waals surface area contributed by atoms with Crippen molar-refractivity contribution in [2.45, 2.75) is 25.7 Å². The van der Waals surface area contributed by atoms with Crippen LogP contribution in [0.1, 0.15) is 25.7 Å². The molecule has 1 aliphatic rings. The number of ether oxygens (including phenoxy) is 2. The van der Waals surface area contributed by atoms with Gasteiger partial charge in [0.05, 0.1) is 13.2 Å². The van der Waals surface area contributed by atoms with E-state index in [9.17, 15) is 4.79 Å². The molecule has 15 heavy (non-hydrogen) atoms. The van der Waals surface area contributed by atoms with Crippen molar-refractivity contribution in [1.29, 1.82) is 0 Å². The summed E-state index contributed by atoms with van der Waals surface area (Å²) in [4.78, 5) is 13.6. The molecule has 1 fully saturated rings. The van der Waals surface area contributed by atoms with Crippen LogP contribution in [0.25, 0.3) is 0 Å². The molecule has 1 heterocycles. The molecular weight excluding hydrogens is 194 g/mol. The van der Waals surface area contributed by atoms with E-state index in [0.717, 1.165) is 25.9 Å². The number of methoxy groups -OCH3 is 1. The van der Waals surface area contributed by atoms with Crippen LogP contribution in [0.4, 0.5) is 0 Å². The zero-order valence-corrected chi connectivity index (χ0v) is 9.54. The lowest BCUT2D eigenvalue weighted by Crippen LogP contribution is -2.35. The summed E-state index contributed by atoms with van der Waals surface area (Å²) in [5, 5.41) is 0. The van der Waals surface area contributed by atoms with Gasteiger partial charge in [-0.15, -0.1) is 0 Å². The Morgan fingerprint density at radius 2 is 1.80 bits per heavy atom. The average Bonchev–Trinajstić information content (AvgIpc) is 2.52. The lowest BCUT2D eigenvalue weighted by atomic mass is 10.2. The maximum absolute atomic E-state index is 11.7. The Kier molecular flexibility index (Phi) is 6.36. The standard InChI is InChI=1S/C11H21NO3/c1-14-8-9-15-10-11(13)12-6-4-2-3-5-7-12/h2-10H2,1H3. The molecule has 0 atom stereocenters. The number of likely N-dealkylation sites (tertiary alicyclic amines) is 1. The van der Waals surface area contributed by atoms with Gasteiger partial charge in [-0.25, -0.2) is 0 Å². The highest BCUT2D eigenvalue weighted by atomic mass is 16.5. The molecule has 0 bridgehead atoms. The van der Waals surface area contributed by atoms with Crippen LogP contribution in [0.2, 0.25) is 0 Å². The van der Waals surface area contributed by atoms with Crippen molar-refractivity contribution in [3.63, 3.8) is 0 Å². The van der Waals surface area contributed by atoms with E-state index in [1.165, 1.54) is 12.8 Å². The van der Waals surface area contributed by atoms with Crippen LogP contribution in [0.15, 0.2) is 0 Å². The van der Waals surface area contributed by atoms with Gasteiger partial charge in [-0.3, -0.25) is 4.79 Å². The number of carbonyl (C=O) groups is 1. The second-order valence-corrected chi connectivity index (χ2v) is 3.84. The Bertz CT molecular complexity index is 177. The van der Waals surface area contributed by atoms with E-state index in [-0.39, 0.29) is 12.5 Å². The molecule has 1 saturated heterocycles. The fourth-order valence-electron chi connectivity index (χ4n) is 1.71. The molecule has 0 N–H and O–H groups in total. The third-order valence-electron chi connectivity index (χ3n) is 2.62. The molecule has 0 aromatic heterocycles. The van der Waals surface area contributed by atoms with Gasteiger partial charge in [0.1, 0.15) is 6.61 Å². The lowest BCUT2D eigenvalue weighted by molar-refractivity contribution is -0.136. The number of hydrogen-bond acceptors (Lipinski definition) is 3. The normalized spacial score (nSPS) is 17.5. The SMILES string of the molecule is COCCOCC(=O)N1CCCCCC1. The van der Waals surface area contributed by atoms with E-state index in [4.69, 9.17) is 9.47 Å². The summed E-state index contributed by atoms with van der Waals surface area (Å²) in [6.07, 6.45) is 4.75. The number of rotatable bonds is 5. The Morgan fingerprint density at radius 3 is 2.40 bits per heavy atom. The second-order valence-electron chi connectivity index (χ2n) is 3.84. The molecule has 0 spiro atoms. The quantitative estimate of drug-likeness (QED) is 0.643. The molecule has 4 nitrogen and oxygen atoms in total. The van der Waals surface area contributed by atoms with E-state index >= 15 is 0 Å². The molecule has 1 rings (SSSR count). The van der Waals surface area contributed by atoms with Crippen molar-refractivity contribution >= 4 is 5.91 Å². The Hall–Kier alpha value is -0.610. The summed E-state index contributed by atoms with van der Waals surface area (Å²) >= 11 is 0. The van der Waals surface area contributed by atoms with Gasteiger partial charge in [0.15, 0.2) is 0 Å². The zero-order valence-electron chi connectivity index (χ0n) is 9.54. The van der Waals surface area contributed by atoms with Crippen molar-refractivity contribution in [3.8, 4) is 0 Å². The van der Waals surface area contributed by atoms with Crippen molar-refractivity contribution < 1.29 is 14.3 Å². The van der Waals surface area contributed by atoms with E-state index in [0.29, 0.717) is 13.2 Å². The molecule has 0 aliphatic carbocycles. The minimum Gasteiger partial charge on any atom is -0.382 e. The molecule has 1 aliphatic heterocycles. The van der Waals surface area contributed by atoms with Crippen LogP contribution in [-0.2, 0) is 14.3 Å². The predicted molar refractivity (Wildman–Crippen MR) is 57.7 cm³/mol. The molecule has 0 unspecified atom stereocenters. The van der Waals surface area contributed by atoms with Crippen LogP contribution in [0.5, 0.6) is 0 Å². The molecule has 88 valence electrons. The van der Waals surface area contributed by atoms with Crippen LogP contribution in [-0.4, -0.2) is 50.8 Å². The van der Waals surface area contributed by atoms with Crippen LogP contribution in [0, 0.1) is 0 Å². The van der Waals surface area contributed by atoms with Crippen LogP contribution in [0.3, 0.4) is 0 Å². The topological polar surface area (TPSA) is 38.8 Å². The third kappa shape index (κ3) is 5.14. The smallest absolute Gasteiger partial charge is 0.248 e.